The van der Waals surface area contributed by atoms with E-state index in [9.17, 15) is 24.9 Å². The average Bonchev–Trinajstić information content (AvgIpc) is 3.15. The Balaban J connectivity index is 2.55. The summed E-state index contributed by atoms with van der Waals surface area (Å²) in [5.74, 6) is -4.29. The van der Waals surface area contributed by atoms with E-state index in [1.807, 2.05) is 0 Å². The number of carbonyl (C=O) groups excluding carboxylic acids is 2. The van der Waals surface area contributed by atoms with Gasteiger partial charge < -0.3 is 30.7 Å². The summed E-state index contributed by atoms with van der Waals surface area (Å²) in [4.78, 5) is 28.2. The standard InChI is InChI=1S/C44H85N3O6/c1-3-5-7-9-11-13-15-17-19-21-23-25-27-29-31-33-35-47(44(46)41(38(49)36-45)43(52)42(51)39(37-48)53-44)40(50)34-32-30-28-26-24-22-20-18-16-14-12-10-8-6-4-2/h18,20,39,41-43,48,51-52H,3-17,19,21-37,45-46H2,1-2H3/b20-18-/t39-,41-,42-,43-,44+/m1/s1. The fourth-order valence-electron chi connectivity index (χ4n) is 7.77. The zero-order chi connectivity index (χ0) is 39.0. The third-order valence-electron chi connectivity index (χ3n) is 11.2. The van der Waals surface area contributed by atoms with Crippen LogP contribution in [0.5, 0.6) is 0 Å². The van der Waals surface area contributed by atoms with Crippen molar-refractivity contribution in [2.24, 2.45) is 17.4 Å². The molecule has 1 rings (SSSR count). The van der Waals surface area contributed by atoms with Crippen molar-refractivity contribution in [3.8, 4) is 0 Å². The summed E-state index contributed by atoms with van der Waals surface area (Å²) in [6.07, 6.45) is 35.3. The molecule has 0 spiro atoms. The number of amides is 1. The Morgan fingerprint density at radius 2 is 1.02 bits per heavy atom. The summed E-state index contributed by atoms with van der Waals surface area (Å²) < 4.78 is 5.97. The third kappa shape index (κ3) is 21.5. The SMILES string of the molecule is CCCCCCCC/C=C\CCCCCCCC(=O)N(CCCCCCCCCCCCCCCCCC)[C@]1(N)O[C@H](CO)[C@@H](O)[C@H](O)[C@H]1C(=O)CN. The lowest BCUT2D eigenvalue weighted by Gasteiger charge is -2.52. The van der Waals surface area contributed by atoms with E-state index in [0.717, 1.165) is 51.4 Å². The number of rotatable bonds is 36. The first-order valence-corrected chi connectivity index (χ1v) is 22.4. The Morgan fingerprint density at radius 3 is 1.43 bits per heavy atom. The zero-order valence-corrected chi connectivity index (χ0v) is 34.5. The van der Waals surface area contributed by atoms with Gasteiger partial charge in [0.1, 0.15) is 18.1 Å². The third-order valence-corrected chi connectivity index (χ3v) is 11.2. The predicted molar refractivity (Wildman–Crippen MR) is 219 cm³/mol. The normalized spacial score (nSPS) is 21.8. The number of aliphatic hydroxyl groups excluding tert-OH is 3. The molecule has 0 unspecified atom stereocenters. The molecule has 0 radical (unpaired) electrons. The number of aliphatic hydroxyl groups is 3. The van der Waals surface area contributed by atoms with Crippen LogP contribution >= 0.6 is 0 Å². The summed E-state index contributed by atoms with van der Waals surface area (Å²) in [6, 6.07) is 0. The van der Waals surface area contributed by atoms with Gasteiger partial charge in [0, 0.05) is 13.0 Å². The molecule has 0 bridgehead atoms. The van der Waals surface area contributed by atoms with Crippen LogP contribution in [-0.4, -0.2) is 75.8 Å². The molecule has 1 saturated heterocycles. The van der Waals surface area contributed by atoms with Crippen molar-refractivity contribution in [1.29, 1.82) is 0 Å². The molecule has 0 aliphatic carbocycles. The monoisotopic (exact) mass is 752 g/mol. The van der Waals surface area contributed by atoms with Crippen LogP contribution in [0, 0.1) is 5.92 Å². The number of hydrogen-bond donors (Lipinski definition) is 5. The van der Waals surface area contributed by atoms with Gasteiger partial charge in [-0.2, -0.15) is 0 Å². The van der Waals surface area contributed by atoms with Gasteiger partial charge in [-0.1, -0.05) is 174 Å². The van der Waals surface area contributed by atoms with Gasteiger partial charge in [0.2, 0.25) is 11.8 Å². The van der Waals surface area contributed by atoms with E-state index in [0.29, 0.717) is 12.8 Å². The Kier molecular flexibility index (Phi) is 30.8. The Bertz CT molecular complexity index is 920. The van der Waals surface area contributed by atoms with Crippen molar-refractivity contribution in [3.63, 3.8) is 0 Å². The first kappa shape index (κ1) is 49.7. The minimum Gasteiger partial charge on any atom is -0.394 e. The van der Waals surface area contributed by atoms with Crippen LogP contribution < -0.4 is 11.5 Å². The van der Waals surface area contributed by atoms with Gasteiger partial charge in [-0.25, -0.2) is 0 Å². The zero-order valence-electron chi connectivity index (χ0n) is 34.5. The maximum absolute atomic E-state index is 13.8. The highest BCUT2D eigenvalue weighted by Crippen LogP contribution is 2.36. The van der Waals surface area contributed by atoms with E-state index in [2.05, 4.69) is 26.0 Å². The van der Waals surface area contributed by atoms with E-state index in [1.54, 1.807) is 0 Å². The topological polar surface area (TPSA) is 159 Å². The summed E-state index contributed by atoms with van der Waals surface area (Å²) in [6.45, 7) is 3.73. The van der Waals surface area contributed by atoms with E-state index < -0.39 is 49.0 Å². The second-order valence-corrected chi connectivity index (χ2v) is 15.9. The molecule has 53 heavy (non-hydrogen) atoms. The number of Topliss-reactive ketones (excluding diaryl/α,β-unsaturated/α-hetero) is 1. The molecule has 1 amide bonds. The van der Waals surface area contributed by atoms with Crippen molar-refractivity contribution < 1.29 is 29.6 Å². The van der Waals surface area contributed by atoms with Gasteiger partial charge in [0.25, 0.3) is 0 Å². The van der Waals surface area contributed by atoms with E-state index in [-0.39, 0.29) is 18.9 Å². The maximum Gasteiger partial charge on any atom is 0.225 e. The van der Waals surface area contributed by atoms with Crippen LogP contribution in [0.25, 0.3) is 0 Å². The Hall–Kier alpha value is -1.36. The number of ketones is 1. The molecule has 1 fully saturated rings. The van der Waals surface area contributed by atoms with E-state index in [1.165, 1.54) is 127 Å². The maximum atomic E-state index is 13.8. The lowest BCUT2D eigenvalue weighted by atomic mass is 9.82. The highest BCUT2D eigenvalue weighted by atomic mass is 16.6. The quantitative estimate of drug-likeness (QED) is 0.0241. The summed E-state index contributed by atoms with van der Waals surface area (Å²) in [7, 11) is 0. The minimum absolute atomic E-state index is 0.241. The van der Waals surface area contributed by atoms with Crippen LogP contribution in [0.2, 0.25) is 0 Å². The second-order valence-electron chi connectivity index (χ2n) is 15.9. The van der Waals surface area contributed by atoms with Crippen molar-refractivity contribution in [3.05, 3.63) is 12.2 Å². The predicted octanol–water partition coefficient (Wildman–Crippen LogP) is 8.98. The number of ether oxygens (including phenoxy) is 1. The molecule has 0 aromatic carbocycles. The van der Waals surface area contributed by atoms with Crippen LogP contribution in [0.4, 0.5) is 0 Å². The van der Waals surface area contributed by atoms with Gasteiger partial charge in [-0.15, -0.1) is 0 Å². The fourth-order valence-corrected chi connectivity index (χ4v) is 7.77. The van der Waals surface area contributed by atoms with Gasteiger partial charge in [0.05, 0.1) is 19.3 Å². The highest BCUT2D eigenvalue weighted by molar-refractivity contribution is 5.86. The lowest BCUT2D eigenvalue weighted by molar-refractivity contribution is -0.291. The van der Waals surface area contributed by atoms with E-state index >= 15 is 0 Å². The van der Waals surface area contributed by atoms with Crippen LogP contribution in [0.15, 0.2) is 12.2 Å². The van der Waals surface area contributed by atoms with Crippen molar-refractivity contribution in [2.75, 3.05) is 19.7 Å². The summed E-state index contributed by atoms with van der Waals surface area (Å²) in [5.41, 5.74) is 12.5. The highest BCUT2D eigenvalue weighted by Gasteiger charge is 2.58. The first-order chi connectivity index (χ1) is 25.8. The molecule has 1 aliphatic heterocycles. The Labute approximate surface area is 325 Å². The number of nitrogens with zero attached hydrogens (tertiary/aromatic N) is 1. The molecular formula is C44H85N3O6. The fraction of sp³-hybridized carbons (Fsp3) is 0.909. The van der Waals surface area contributed by atoms with Crippen LogP contribution in [0.1, 0.15) is 206 Å². The second kappa shape index (κ2) is 32.8. The van der Waals surface area contributed by atoms with Gasteiger partial charge in [0.15, 0.2) is 5.78 Å². The molecule has 0 aromatic heterocycles. The largest absolute Gasteiger partial charge is 0.394 e. The van der Waals surface area contributed by atoms with Gasteiger partial charge in [-0.3, -0.25) is 15.3 Å². The molecule has 312 valence electrons. The number of carbonyl (C=O) groups is 2. The minimum atomic E-state index is -2.02. The Morgan fingerprint density at radius 1 is 0.623 bits per heavy atom. The molecule has 0 aromatic rings. The first-order valence-electron chi connectivity index (χ1n) is 22.4. The molecule has 0 saturated carbocycles. The molecule has 1 heterocycles. The number of nitrogens with two attached hydrogens (primary N) is 2. The summed E-state index contributed by atoms with van der Waals surface area (Å²) in [5, 5.41) is 31.5. The molecule has 7 N–H and O–H groups in total. The molecule has 5 atom stereocenters. The summed E-state index contributed by atoms with van der Waals surface area (Å²) >= 11 is 0. The molecular weight excluding hydrogens is 666 g/mol. The number of allylic oxidation sites excluding steroid dienone is 2. The van der Waals surface area contributed by atoms with Crippen molar-refractivity contribution in [2.45, 2.75) is 231 Å². The average molecular weight is 752 g/mol. The molecule has 1 aliphatic rings. The van der Waals surface area contributed by atoms with Crippen molar-refractivity contribution >= 4 is 11.7 Å². The van der Waals surface area contributed by atoms with Gasteiger partial charge in [-0.05, 0) is 38.5 Å². The van der Waals surface area contributed by atoms with E-state index in [4.69, 9.17) is 16.2 Å². The lowest BCUT2D eigenvalue weighted by Crippen LogP contribution is -2.75. The molecule has 9 heteroatoms. The van der Waals surface area contributed by atoms with Crippen molar-refractivity contribution in [1.82, 2.24) is 4.90 Å². The smallest absolute Gasteiger partial charge is 0.225 e. The van der Waals surface area contributed by atoms with Crippen LogP contribution in [0.3, 0.4) is 0 Å². The number of hydrogen-bond acceptors (Lipinski definition) is 8. The molecule has 9 nitrogen and oxygen atoms in total. The number of unbranched alkanes of at least 4 members (excludes halogenated alkanes) is 26. The van der Waals surface area contributed by atoms with Crippen LogP contribution in [-0.2, 0) is 14.3 Å². The van der Waals surface area contributed by atoms with Gasteiger partial charge >= 0.3 is 0 Å².